The average Bonchev–Trinajstić information content (AvgIpc) is 2.41. The van der Waals surface area contributed by atoms with Crippen LogP contribution in [0.1, 0.15) is 0 Å². The van der Waals surface area contributed by atoms with Crippen LogP contribution >= 0.6 is 11.8 Å². The zero-order chi connectivity index (χ0) is 15.3. The maximum Gasteiger partial charge on any atom is 0.225 e. The molecule has 0 aliphatic carbocycles. The number of nitrogens with two attached hydrogens (primary N) is 1. The van der Waals surface area contributed by atoms with Crippen LogP contribution in [0.3, 0.4) is 0 Å². The number of hydrogen-bond donors (Lipinski definition) is 2. The van der Waals surface area contributed by atoms with Crippen molar-refractivity contribution in [3.63, 3.8) is 0 Å². The molecule has 0 unspecified atom stereocenters. The Morgan fingerprint density at radius 2 is 2.00 bits per heavy atom. The van der Waals surface area contributed by atoms with Crippen LogP contribution in [0.15, 0.2) is 29.2 Å². The fourth-order valence-electron chi connectivity index (χ4n) is 2.01. The van der Waals surface area contributed by atoms with E-state index in [0.717, 1.165) is 31.1 Å². The van der Waals surface area contributed by atoms with E-state index in [2.05, 4.69) is 9.73 Å². The van der Waals surface area contributed by atoms with Gasteiger partial charge in [0.15, 0.2) is 0 Å². The lowest BCUT2D eigenvalue weighted by molar-refractivity contribution is 0.135. The summed E-state index contributed by atoms with van der Waals surface area (Å²) in [5, 5.41) is 1.78. The zero-order valence-corrected chi connectivity index (χ0v) is 13.8. The lowest BCUT2D eigenvalue weighted by Gasteiger charge is -2.32. The number of nitrogen functional groups attached to an aromatic ring is 1. The molecule has 0 spiro atoms. The Morgan fingerprint density at radius 1 is 1.29 bits per heavy atom. The Kier molecular flexibility index (Phi) is 5.88. The van der Waals surface area contributed by atoms with Gasteiger partial charge in [-0.05, 0) is 25.2 Å². The summed E-state index contributed by atoms with van der Waals surface area (Å²) in [7, 11) is -1.24. The SMILES string of the molecule is CN1CCN(NS(=O)(=O)CCSc2cccc(N)c2)CC1. The second-order valence-corrected chi connectivity index (χ2v) is 8.11. The number of benzene rings is 1. The summed E-state index contributed by atoms with van der Waals surface area (Å²) < 4.78 is 24.1. The van der Waals surface area contributed by atoms with Crippen LogP contribution in [0, 0.1) is 0 Å². The molecule has 1 saturated heterocycles. The van der Waals surface area contributed by atoms with Gasteiger partial charge in [0.25, 0.3) is 0 Å². The second kappa shape index (κ2) is 7.46. The highest BCUT2D eigenvalue weighted by atomic mass is 32.2. The number of hydrogen-bond acceptors (Lipinski definition) is 6. The summed E-state index contributed by atoms with van der Waals surface area (Å²) in [5.41, 5.74) is 6.39. The Balaban J connectivity index is 1.76. The van der Waals surface area contributed by atoms with Crippen LogP contribution in [-0.4, -0.2) is 63.1 Å². The van der Waals surface area contributed by atoms with Crippen LogP contribution in [0.4, 0.5) is 5.69 Å². The molecule has 8 heteroatoms. The number of anilines is 1. The standard InChI is InChI=1S/C13H22N4O2S2/c1-16-5-7-17(8-6-16)15-21(18,19)10-9-20-13-4-2-3-12(14)11-13/h2-4,11,15H,5-10,14H2,1H3. The van der Waals surface area contributed by atoms with Gasteiger partial charge in [0.1, 0.15) is 0 Å². The van der Waals surface area contributed by atoms with Gasteiger partial charge in [0, 0.05) is 42.5 Å². The third-order valence-corrected chi connectivity index (χ3v) is 5.78. The monoisotopic (exact) mass is 330 g/mol. The van der Waals surface area contributed by atoms with Gasteiger partial charge in [-0.3, -0.25) is 0 Å². The molecule has 2 rings (SSSR count). The number of piperazine rings is 1. The first kappa shape index (κ1) is 16.6. The lowest BCUT2D eigenvalue weighted by Crippen LogP contribution is -2.53. The molecule has 118 valence electrons. The molecule has 0 saturated carbocycles. The van der Waals surface area contributed by atoms with Gasteiger partial charge in [-0.1, -0.05) is 6.07 Å². The molecule has 1 heterocycles. The van der Waals surface area contributed by atoms with Crippen molar-refractivity contribution in [2.24, 2.45) is 0 Å². The van der Waals surface area contributed by atoms with E-state index in [1.54, 1.807) is 5.01 Å². The molecule has 1 fully saturated rings. The van der Waals surface area contributed by atoms with E-state index in [4.69, 9.17) is 5.73 Å². The summed E-state index contributed by atoms with van der Waals surface area (Å²) in [5.74, 6) is 0.603. The molecule has 6 nitrogen and oxygen atoms in total. The van der Waals surface area contributed by atoms with Gasteiger partial charge in [-0.2, -0.15) is 0 Å². The molecule has 0 radical (unpaired) electrons. The summed E-state index contributed by atoms with van der Waals surface area (Å²) in [6, 6.07) is 7.47. The largest absolute Gasteiger partial charge is 0.399 e. The maximum atomic E-state index is 12.0. The minimum atomic E-state index is -3.27. The van der Waals surface area contributed by atoms with Crippen molar-refractivity contribution in [3.05, 3.63) is 24.3 Å². The maximum absolute atomic E-state index is 12.0. The van der Waals surface area contributed by atoms with Crippen molar-refractivity contribution in [1.82, 2.24) is 14.7 Å². The van der Waals surface area contributed by atoms with Gasteiger partial charge >= 0.3 is 0 Å². The quantitative estimate of drug-likeness (QED) is 0.582. The molecule has 0 aromatic heterocycles. The average molecular weight is 330 g/mol. The van der Waals surface area contributed by atoms with E-state index in [-0.39, 0.29) is 5.75 Å². The van der Waals surface area contributed by atoms with E-state index in [1.165, 1.54) is 11.8 Å². The van der Waals surface area contributed by atoms with Gasteiger partial charge in [-0.25, -0.2) is 13.4 Å². The normalized spacial score (nSPS) is 18.0. The molecular formula is C13H22N4O2S2. The van der Waals surface area contributed by atoms with E-state index >= 15 is 0 Å². The highest BCUT2D eigenvalue weighted by molar-refractivity contribution is 8.00. The Morgan fingerprint density at radius 3 is 2.67 bits per heavy atom. The predicted molar refractivity (Wildman–Crippen MR) is 87.6 cm³/mol. The minimum Gasteiger partial charge on any atom is -0.399 e. The molecule has 1 aromatic carbocycles. The lowest BCUT2D eigenvalue weighted by atomic mass is 10.3. The number of rotatable bonds is 6. The molecule has 21 heavy (non-hydrogen) atoms. The van der Waals surface area contributed by atoms with Gasteiger partial charge in [0.2, 0.25) is 10.0 Å². The van der Waals surface area contributed by atoms with Crippen LogP contribution in [0.2, 0.25) is 0 Å². The number of likely N-dealkylation sites (N-methyl/N-ethyl adjacent to an activating group) is 1. The van der Waals surface area contributed by atoms with Gasteiger partial charge in [-0.15, -0.1) is 16.6 Å². The predicted octanol–water partition coefficient (Wildman–Crippen LogP) is 0.443. The van der Waals surface area contributed by atoms with E-state index in [9.17, 15) is 8.42 Å². The fourth-order valence-corrected chi connectivity index (χ4v) is 4.52. The molecule has 0 bridgehead atoms. The molecule has 1 aliphatic heterocycles. The second-order valence-electron chi connectivity index (χ2n) is 5.12. The molecule has 0 amide bonds. The van der Waals surface area contributed by atoms with Crippen molar-refractivity contribution in [1.29, 1.82) is 0 Å². The number of hydrazine groups is 1. The highest BCUT2D eigenvalue weighted by Crippen LogP contribution is 2.20. The number of nitrogens with one attached hydrogen (secondary N) is 1. The van der Waals surface area contributed by atoms with E-state index < -0.39 is 10.0 Å². The van der Waals surface area contributed by atoms with Crippen molar-refractivity contribution >= 4 is 27.5 Å². The summed E-state index contributed by atoms with van der Waals surface area (Å²) in [6.45, 7) is 3.19. The summed E-state index contributed by atoms with van der Waals surface area (Å²) in [6.07, 6.45) is 0. The minimum absolute atomic E-state index is 0.0960. The number of nitrogens with zero attached hydrogens (tertiary/aromatic N) is 2. The fraction of sp³-hybridized carbons (Fsp3) is 0.538. The van der Waals surface area contributed by atoms with Crippen molar-refractivity contribution in [2.75, 3.05) is 50.5 Å². The summed E-state index contributed by atoms with van der Waals surface area (Å²) in [4.78, 5) is 5.83. The third-order valence-electron chi connectivity index (χ3n) is 3.25. The van der Waals surface area contributed by atoms with Crippen molar-refractivity contribution in [2.45, 2.75) is 4.90 Å². The van der Waals surface area contributed by atoms with Crippen LogP contribution in [-0.2, 0) is 10.0 Å². The van der Waals surface area contributed by atoms with E-state index in [1.807, 2.05) is 31.3 Å². The van der Waals surface area contributed by atoms with Crippen LogP contribution in [0.5, 0.6) is 0 Å². The zero-order valence-electron chi connectivity index (χ0n) is 12.2. The van der Waals surface area contributed by atoms with Crippen LogP contribution < -0.4 is 10.6 Å². The smallest absolute Gasteiger partial charge is 0.225 e. The highest BCUT2D eigenvalue weighted by Gasteiger charge is 2.19. The molecule has 0 atom stereocenters. The van der Waals surface area contributed by atoms with Crippen LogP contribution in [0.25, 0.3) is 0 Å². The molecule has 1 aromatic rings. The van der Waals surface area contributed by atoms with Gasteiger partial charge < -0.3 is 10.6 Å². The Labute approximate surface area is 130 Å². The number of thioether (sulfide) groups is 1. The first-order chi connectivity index (χ1) is 9.94. The van der Waals surface area contributed by atoms with E-state index in [0.29, 0.717) is 11.4 Å². The first-order valence-corrected chi connectivity index (χ1v) is 9.50. The third kappa shape index (κ3) is 5.84. The first-order valence-electron chi connectivity index (χ1n) is 6.86. The number of sulfonamides is 1. The van der Waals surface area contributed by atoms with Crippen molar-refractivity contribution < 1.29 is 8.42 Å². The summed E-state index contributed by atoms with van der Waals surface area (Å²) >= 11 is 1.50. The molecule has 3 N–H and O–H groups in total. The Bertz CT molecular complexity index is 557. The topological polar surface area (TPSA) is 78.7 Å². The Hall–Kier alpha value is -0.800. The van der Waals surface area contributed by atoms with Crippen molar-refractivity contribution in [3.8, 4) is 0 Å². The van der Waals surface area contributed by atoms with Gasteiger partial charge in [0.05, 0.1) is 5.75 Å². The molecule has 1 aliphatic rings. The molecular weight excluding hydrogens is 308 g/mol.